The van der Waals surface area contributed by atoms with Crippen molar-refractivity contribution in [2.75, 3.05) is 14.2 Å². The predicted molar refractivity (Wildman–Crippen MR) is 78.5 cm³/mol. The quantitative estimate of drug-likeness (QED) is 0.872. The van der Waals surface area contributed by atoms with Crippen LogP contribution >= 0.6 is 15.9 Å². The van der Waals surface area contributed by atoms with Crippen molar-refractivity contribution in [1.29, 1.82) is 0 Å². The topological polar surface area (TPSA) is 76.1 Å². The third-order valence-electron chi connectivity index (χ3n) is 3.51. The Morgan fingerprint density at radius 2 is 2.00 bits per heavy atom. The molecule has 7 heteroatoms. The monoisotopic (exact) mass is 357 g/mol. The van der Waals surface area contributed by atoms with Gasteiger partial charge < -0.3 is 19.5 Å². The Balaban J connectivity index is 2.30. The van der Waals surface area contributed by atoms with Crippen LogP contribution in [0.2, 0.25) is 0 Å². The molecule has 21 heavy (non-hydrogen) atoms. The van der Waals surface area contributed by atoms with Crippen molar-refractivity contribution in [3.05, 3.63) is 22.2 Å². The van der Waals surface area contributed by atoms with Gasteiger partial charge in [-0.1, -0.05) is 15.9 Å². The van der Waals surface area contributed by atoms with Crippen molar-refractivity contribution in [2.24, 2.45) is 0 Å². The van der Waals surface area contributed by atoms with Gasteiger partial charge in [0.25, 0.3) is 0 Å². The normalized spacial score (nSPS) is 18.0. The van der Waals surface area contributed by atoms with E-state index in [1.165, 1.54) is 19.1 Å². The summed E-state index contributed by atoms with van der Waals surface area (Å²) in [6.07, 6.45) is 0.612. The summed E-state index contributed by atoms with van der Waals surface area (Å²) < 4.78 is 11.2. The van der Waals surface area contributed by atoms with Gasteiger partial charge in [0.2, 0.25) is 5.91 Å². The molecule has 6 nitrogen and oxygen atoms in total. The Kier molecular flexibility index (Phi) is 4.72. The second-order valence-electron chi connectivity index (χ2n) is 4.71. The maximum atomic E-state index is 11.9. The SMILES string of the molecule is COc1cc(Br)c(CN2C(=O)CCC2C(=O)O)cc1OC. The summed E-state index contributed by atoms with van der Waals surface area (Å²) in [5, 5.41) is 9.18. The number of nitrogens with zero attached hydrogens (tertiary/aromatic N) is 1. The molecule has 0 aliphatic carbocycles. The van der Waals surface area contributed by atoms with E-state index in [-0.39, 0.29) is 18.9 Å². The fourth-order valence-electron chi connectivity index (χ4n) is 2.39. The molecule has 0 bridgehead atoms. The Bertz CT molecular complexity index is 575. The zero-order chi connectivity index (χ0) is 15.6. The van der Waals surface area contributed by atoms with Gasteiger partial charge in [-0.3, -0.25) is 4.79 Å². The fraction of sp³-hybridized carbons (Fsp3) is 0.429. The molecule has 1 aromatic carbocycles. The van der Waals surface area contributed by atoms with E-state index < -0.39 is 12.0 Å². The summed E-state index contributed by atoms with van der Waals surface area (Å²) >= 11 is 3.41. The first kappa shape index (κ1) is 15.6. The van der Waals surface area contributed by atoms with Crippen LogP contribution in [0, 0.1) is 0 Å². The number of amides is 1. The van der Waals surface area contributed by atoms with Gasteiger partial charge in [0.05, 0.1) is 14.2 Å². The van der Waals surface area contributed by atoms with E-state index in [2.05, 4.69) is 15.9 Å². The molecule has 1 amide bonds. The van der Waals surface area contributed by atoms with E-state index >= 15 is 0 Å². The highest BCUT2D eigenvalue weighted by atomic mass is 79.9. The lowest BCUT2D eigenvalue weighted by atomic mass is 10.1. The number of rotatable bonds is 5. The van der Waals surface area contributed by atoms with Gasteiger partial charge in [-0.15, -0.1) is 0 Å². The maximum absolute atomic E-state index is 11.9. The van der Waals surface area contributed by atoms with Gasteiger partial charge in [-0.2, -0.15) is 0 Å². The van der Waals surface area contributed by atoms with Gasteiger partial charge in [0, 0.05) is 17.4 Å². The molecule has 1 unspecified atom stereocenters. The van der Waals surface area contributed by atoms with Crippen LogP contribution in [0.25, 0.3) is 0 Å². The number of halogens is 1. The molecule has 0 spiro atoms. The number of carbonyl (C=O) groups is 2. The van der Waals surface area contributed by atoms with Crippen LogP contribution < -0.4 is 9.47 Å². The first-order valence-electron chi connectivity index (χ1n) is 6.40. The van der Waals surface area contributed by atoms with Crippen LogP contribution in [0.3, 0.4) is 0 Å². The number of benzene rings is 1. The molecule has 114 valence electrons. The first-order chi connectivity index (χ1) is 9.97. The van der Waals surface area contributed by atoms with Crippen LogP contribution in [0.4, 0.5) is 0 Å². The molecule has 1 N–H and O–H groups in total. The number of carboxylic acid groups (broad SMARTS) is 1. The van der Waals surface area contributed by atoms with E-state index in [1.807, 2.05) is 0 Å². The van der Waals surface area contributed by atoms with E-state index in [4.69, 9.17) is 9.47 Å². The summed E-state index contributed by atoms with van der Waals surface area (Å²) in [4.78, 5) is 24.5. The van der Waals surface area contributed by atoms with Crippen molar-refractivity contribution < 1.29 is 24.2 Å². The number of hydrogen-bond donors (Lipinski definition) is 1. The zero-order valence-corrected chi connectivity index (χ0v) is 13.3. The van der Waals surface area contributed by atoms with Crippen LogP contribution in [0.15, 0.2) is 16.6 Å². The maximum Gasteiger partial charge on any atom is 0.326 e. The molecule has 0 radical (unpaired) electrons. The predicted octanol–water partition coefficient (Wildman–Crippen LogP) is 2.04. The molecular weight excluding hydrogens is 342 g/mol. The van der Waals surface area contributed by atoms with E-state index in [0.717, 1.165) is 10.0 Å². The summed E-state index contributed by atoms with van der Waals surface area (Å²) in [6, 6.07) is 2.72. The first-order valence-corrected chi connectivity index (χ1v) is 7.20. The van der Waals surface area contributed by atoms with Crippen molar-refractivity contribution in [3.8, 4) is 11.5 Å². The Labute approximate surface area is 130 Å². The molecular formula is C14H16BrNO5. The Morgan fingerprint density at radius 1 is 1.38 bits per heavy atom. The molecule has 1 atom stereocenters. The molecule has 0 saturated carbocycles. The number of carboxylic acids is 1. The molecule has 2 rings (SSSR count). The summed E-state index contributed by atoms with van der Waals surface area (Å²) in [5.41, 5.74) is 0.772. The second kappa shape index (κ2) is 6.34. The van der Waals surface area contributed by atoms with Crippen LogP contribution in [0.1, 0.15) is 18.4 Å². The minimum Gasteiger partial charge on any atom is -0.493 e. The fourth-order valence-corrected chi connectivity index (χ4v) is 2.84. The number of methoxy groups -OCH3 is 2. The van der Waals surface area contributed by atoms with Gasteiger partial charge in [-0.25, -0.2) is 4.79 Å². The number of ether oxygens (including phenoxy) is 2. The highest BCUT2D eigenvalue weighted by Gasteiger charge is 2.36. The molecule has 1 saturated heterocycles. The number of aliphatic carboxylic acids is 1. The highest BCUT2D eigenvalue weighted by molar-refractivity contribution is 9.10. The average Bonchev–Trinajstić information content (AvgIpc) is 2.82. The lowest BCUT2D eigenvalue weighted by Gasteiger charge is -2.23. The van der Waals surface area contributed by atoms with Crippen LogP contribution in [0.5, 0.6) is 11.5 Å². The summed E-state index contributed by atoms with van der Waals surface area (Å²) in [5.74, 6) is -0.0218. The minimum absolute atomic E-state index is 0.149. The van der Waals surface area contributed by atoms with Gasteiger partial charge in [0.15, 0.2) is 11.5 Å². The number of likely N-dealkylation sites (tertiary alicyclic amines) is 1. The van der Waals surface area contributed by atoms with Gasteiger partial charge in [-0.05, 0) is 24.1 Å². The smallest absolute Gasteiger partial charge is 0.326 e. The van der Waals surface area contributed by atoms with Crippen molar-refractivity contribution in [3.63, 3.8) is 0 Å². The Morgan fingerprint density at radius 3 is 2.57 bits per heavy atom. The second-order valence-corrected chi connectivity index (χ2v) is 5.57. The minimum atomic E-state index is -0.975. The van der Waals surface area contributed by atoms with Crippen LogP contribution in [-0.4, -0.2) is 42.1 Å². The standard InChI is InChI=1S/C14H16BrNO5/c1-20-11-5-8(9(15)6-12(11)21-2)7-16-10(14(18)19)3-4-13(16)17/h5-6,10H,3-4,7H2,1-2H3,(H,18,19). The molecule has 1 aliphatic heterocycles. The molecule has 1 heterocycles. The van der Waals surface area contributed by atoms with Crippen molar-refractivity contribution in [2.45, 2.75) is 25.4 Å². The lowest BCUT2D eigenvalue weighted by molar-refractivity contribution is -0.146. The largest absolute Gasteiger partial charge is 0.493 e. The summed E-state index contributed by atoms with van der Waals surface area (Å²) in [6.45, 7) is 0.219. The number of carbonyl (C=O) groups excluding carboxylic acids is 1. The third kappa shape index (κ3) is 3.12. The number of hydrogen-bond acceptors (Lipinski definition) is 4. The molecule has 1 aliphatic rings. The average molecular weight is 358 g/mol. The molecule has 0 aromatic heterocycles. The molecule has 1 fully saturated rings. The van der Waals surface area contributed by atoms with Crippen LogP contribution in [-0.2, 0) is 16.1 Å². The van der Waals surface area contributed by atoms with Gasteiger partial charge >= 0.3 is 5.97 Å². The van der Waals surface area contributed by atoms with E-state index in [0.29, 0.717) is 17.9 Å². The van der Waals surface area contributed by atoms with E-state index in [1.54, 1.807) is 12.1 Å². The van der Waals surface area contributed by atoms with E-state index in [9.17, 15) is 14.7 Å². The van der Waals surface area contributed by atoms with Crippen molar-refractivity contribution in [1.82, 2.24) is 4.90 Å². The zero-order valence-electron chi connectivity index (χ0n) is 11.8. The third-order valence-corrected chi connectivity index (χ3v) is 4.24. The van der Waals surface area contributed by atoms with Gasteiger partial charge in [0.1, 0.15) is 6.04 Å². The summed E-state index contributed by atoms with van der Waals surface area (Å²) in [7, 11) is 3.06. The highest BCUT2D eigenvalue weighted by Crippen LogP contribution is 2.35. The molecule has 1 aromatic rings. The lowest BCUT2D eigenvalue weighted by Crippen LogP contribution is -2.38. The Hall–Kier alpha value is -1.76. The van der Waals surface area contributed by atoms with Crippen molar-refractivity contribution >= 4 is 27.8 Å².